The lowest BCUT2D eigenvalue weighted by Gasteiger charge is -2.13. The predicted octanol–water partition coefficient (Wildman–Crippen LogP) is 3.80. The Hall–Kier alpha value is -2.86. The molecule has 0 unspecified atom stereocenters. The molecule has 0 saturated carbocycles. The van der Waals surface area contributed by atoms with Crippen molar-refractivity contribution in [2.45, 2.75) is 12.7 Å². The molecular formula is C16H9BrClF3N8. The number of benzene rings is 2. The lowest BCUT2D eigenvalue weighted by Crippen LogP contribution is -2.16. The van der Waals surface area contributed by atoms with Crippen molar-refractivity contribution in [3.63, 3.8) is 0 Å². The molecule has 0 aliphatic carbocycles. The van der Waals surface area contributed by atoms with E-state index in [-0.39, 0.29) is 23.1 Å². The van der Waals surface area contributed by atoms with Crippen molar-refractivity contribution in [2.24, 2.45) is 0 Å². The lowest BCUT2D eigenvalue weighted by atomic mass is 10.1. The molecule has 13 heteroatoms. The lowest BCUT2D eigenvalue weighted by molar-refractivity contribution is -0.137. The third-order valence-electron chi connectivity index (χ3n) is 3.86. The highest BCUT2D eigenvalue weighted by Gasteiger charge is 2.35. The molecule has 2 aromatic carbocycles. The Labute approximate surface area is 174 Å². The molecule has 0 N–H and O–H groups in total. The summed E-state index contributed by atoms with van der Waals surface area (Å²) >= 11 is 9.07. The smallest absolute Gasteiger partial charge is 0.195 e. The van der Waals surface area contributed by atoms with Crippen LogP contribution in [0.1, 0.15) is 11.4 Å². The summed E-state index contributed by atoms with van der Waals surface area (Å²) in [5.74, 6) is 0.455. The molecule has 0 aliphatic rings. The number of hydrogen-bond acceptors (Lipinski definition) is 6. The van der Waals surface area contributed by atoms with Gasteiger partial charge in [0.2, 0.25) is 5.82 Å². The third-order valence-corrected chi connectivity index (χ3v) is 4.63. The number of nitrogens with zero attached hydrogens (tertiary/aromatic N) is 8. The first-order chi connectivity index (χ1) is 13.8. The second-order valence-electron chi connectivity index (χ2n) is 5.82. The van der Waals surface area contributed by atoms with Crippen LogP contribution in [0.2, 0.25) is 5.02 Å². The zero-order valence-electron chi connectivity index (χ0n) is 14.2. The topological polar surface area (TPSA) is 87.2 Å². The van der Waals surface area contributed by atoms with Crippen molar-refractivity contribution in [2.75, 3.05) is 0 Å². The van der Waals surface area contributed by atoms with Gasteiger partial charge in [0, 0.05) is 15.1 Å². The van der Waals surface area contributed by atoms with E-state index in [1.54, 1.807) is 12.1 Å². The van der Waals surface area contributed by atoms with E-state index in [9.17, 15) is 13.2 Å². The summed E-state index contributed by atoms with van der Waals surface area (Å²) in [5.41, 5.74) is -0.480. The summed E-state index contributed by atoms with van der Waals surface area (Å²) in [6.45, 7) is -0.0869. The van der Waals surface area contributed by atoms with Crippen LogP contribution < -0.4 is 0 Å². The molecule has 4 rings (SSSR count). The van der Waals surface area contributed by atoms with Crippen molar-refractivity contribution in [3.8, 4) is 17.1 Å². The maximum absolute atomic E-state index is 13.4. The molecule has 0 aliphatic heterocycles. The molecule has 2 aromatic heterocycles. The Kier molecular flexibility index (Phi) is 5.04. The van der Waals surface area contributed by atoms with E-state index in [0.29, 0.717) is 5.82 Å². The Morgan fingerprint density at radius 2 is 1.76 bits per heavy atom. The molecule has 0 saturated heterocycles. The summed E-state index contributed by atoms with van der Waals surface area (Å²) in [7, 11) is 0. The molecule has 29 heavy (non-hydrogen) atoms. The molecule has 148 valence electrons. The zero-order chi connectivity index (χ0) is 20.6. The molecule has 0 radical (unpaired) electrons. The number of tetrazole rings is 2. The Balaban J connectivity index is 1.66. The number of halogens is 5. The van der Waals surface area contributed by atoms with E-state index in [1.807, 2.05) is 12.1 Å². The summed E-state index contributed by atoms with van der Waals surface area (Å²) in [6.07, 6.45) is -4.64. The normalized spacial score (nSPS) is 11.8. The largest absolute Gasteiger partial charge is 0.418 e. The molecule has 4 aromatic rings. The van der Waals surface area contributed by atoms with E-state index < -0.39 is 11.7 Å². The van der Waals surface area contributed by atoms with Crippen LogP contribution in [0.15, 0.2) is 46.9 Å². The molecule has 0 fully saturated rings. The Bertz CT molecular complexity index is 1160. The molecule has 0 bridgehead atoms. The van der Waals surface area contributed by atoms with Crippen LogP contribution in [0, 0.1) is 0 Å². The predicted molar refractivity (Wildman–Crippen MR) is 99.2 cm³/mol. The second-order valence-corrected chi connectivity index (χ2v) is 7.17. The van der Waals surface area contributed by atoms with Gasteiger partial charge in [0.25, 0.3) is 0 Å². The van der Waals surface area contributed by atoms with Crippen LogP contribution in [-0.2, 0) is 12.7 Å². The van der Waals surface area contributed by atoms with Crippen LogP contribution in [-0.4, -0.2) is 40.4 Å². The SMILES string of the molecule is FC(F)(F)c1cc(Cl)ccc1-n1nnnc1Cn1nnc(-c2ccc(Br)cc2)n1. The number of alkyl halides is 3. The summed E-state index contributed by atoms with van der Waals surface area (Å²) in [4.78, 5) is 1.20. The van der Waals surface area contributed by atoms with Crippen LogP contribution in [0.4, 0.5) is 13.2 Å². The van der Waals surface area contributed by atoms with E-state index in [2.05, 4.69) is 46.9 Å². The second kappa shape index (κ2) is 7.52. The fourth-order valence-electron chi connectivity index (χ4n) is 2.56. The average molecular weight is 486 g/mol. The minimum absolute atomic E-state index is 0.0483. The fraction of sp³-hybridized carbons (Fsp3) is 0.125. The first kappa shape index (κ1) is 19.5. The minimum atomic E-state index is -4.64. The van der Waals surface area contributed by atoms with E-state index in [4.69, 9.17) is 11.6 Å². The monoisotopic (exact) mass is 484 g/mol. The van der Waals surface area contributed by atoms with Crippen molar-refractivity contribution in [1.29, 1.82) is 0 Å². The number of rotatable bonds is 4. The van der Waals surface area contributed by atoms with Crippen molar-refractivity contribution in [3.05, 3.63) is 63.3 Å². The number of aromatic nitrogens is 8. The van der Waals surface area contributed by atoms with Crippen molar-refractivity contribution in [1.82, 2.24) is 40.4 Å². The zero-order valence-corrected chi connectivity index (χ0v) is 16.6. The first-order valence-corrected chi connectivity index (χ1v) is 9.16. The maximum Gasteiger partial charge on any atom is 0.418 e. The van der Waals surface area contributed by atoms with Gasteiger partial charge in [-0.1, -0.05) is 27.5 Å². The maximum atomic E-state index is 13.4. The van der Waals surface area contributed by atoms with E-state index in [1.165, 1.54) is 16.9 Å². The third kappa shape index (κ3) is 4.12. The van der Waals surface area contributed by atoms with E-state index >= 15 is 0 Å². The Morgan fingerprint density at radius 1 is 1.00 bits per heavy atom. The van der Waals surface area contributed by atoms with Gasteiger partial charge in [-0.05, 0) is 58.1 Å². The van der Waals surface area contributed by atoms with Crippen LogP contribution in [0.3, 0.4) is 0 Å². The molecular weight excluding hydrogens is 477 g/mol. The van der Waals surface area contributed by atoms with Gasteiger partial charge in [-0.25, -0.2) is 0 Å². The summed E-state index contributed by atoms with van der Waals surface area (Å²) < 4.78 is 42.1. The van der Waals surface area contributed by atoms with Crippen molar-refractivity contribution < 1.29 is 13.2 Å². The van der Waals surface area contributed by atoms with Gasteiger partial charge in [0.1, 0.15) is 6.54 Å². The van der Waals surface area contributed by atoms with Crippen LogP contribution in [0.5, 0.6) is 0 Å². The van der Waals surface area contributed by atoms with Crippen LogP contribution in [0.25, 0.3) is 17.1 Å². The highest BCUT2D eigenvalue weighted by Crippen LogP contribution is 2.35. The van der Waals surface area contributed by atoms with E-state index in [0.717, 1.165) is 20.8 Å². The van der Waals surface area contributed by atoms with Gasteiger partial charge in [-0.3, -0.25) is 0 Å². The van der Waals surface area contributed by atoms with Gasteiger partial charge in [0.15, 0.2) is 5.82 Å². The van der Waals surface area contributed by atoms with Crippen molar-refractivity contribution >= 4 is 27.5 Å². The van der Waals surface area contributed by atoms with Gasteiger partial charge in [-0.15, -0.1) is 15.3 Å². The highest BCUT2D eigenvalue weighted by molar-refractivity contribution is 9.10. The summed E-state index contributed by atoms with van der Waals surface area (Å²) in [6, 6.07) is 10.6. The standard InChI is InChI=1S/C16H9BrClF3N8/c17-10-3-1-9(2-4-10)15-23-26-28(24-15)8-14-22-25-27-29(14)13-6-5-11(18)7-12(13)16(19,20)21/h1-7H,8H2. The minimum Gasteiger partial charge on any atom is -0.195 e. The van der Waals surface area contributed by atoms with Crippen LogP contribution >= 0.6 is 27.5 Å². The van der Waals surface area contributed by atoms with Gasteiger partial charge >= 0.3 is 6.18 Å². The number of hydrogen-bond donors (Lipinski definition) is 0. The molecule has 8 nitrogen and oxygen atoms in total. The molecule has 0 amide bonds. The average Bonchev–Trinajstić information content (AvgIpc) is 3.32. The Morgan fingerprint density at radius 3 is 2.48 bits per heavy atom. The molecule has 0 atom stereocenters. The summed E-state index contributed by atoms with van der Waals surface area (Å²) in [5, 5.41) is 23.0. The van der Waals surface area contributed by atoms with Gasteiger partial charge < -0.3 is 0 Å². The fourth-order valence-corrected chi connectivity index (χ4v) is 3.00. The highest BCUT2D eigenvalue weighted by atomic mass is 79.9. The first-order valence-electron chi connectivity index (χ1n) is 7.99. The molecule has 2 heterocycles. The quantitative estimate of drug-likeness (QED) is 0.437. The van der Waals surface area contributed by atoms with Gasteiger partial charge in [-0.2, -0.15) is 22.6 Å². The van der Waals surface area contributed by atoms with Gasteiger partial charge in [0.05, 0.1) is 11.3 Å². The molecule has 0 spiro atoms.